The summed E-state index contributed by atoms with van der Waals surface area (Å²) in [5.41, 5.74) is 2.81. The van der Waals surface area contributed by atoms with Gasteiger partial charge >= 0.3 is 0 Å². The van der Waals surface area contributed by atoms with Crippen LogP contribution in [0.3, 0.4) is 0 Å². The van der Waals surface area contributed by atoms with Crippen LogP contribution in [0.1, 0.15) is 35.0 Å². The maximum Gasteiger partial charge on any atom is 0.255 e. The first-order valence-electron chi connectivity index (χ1n) is 10.9. The summed E-state index contributed by atoms with van der Waals surface area (Å²) in [7, 11) is 0. The molecule has 1 aliphatic rings. The van der Waals surface area contributed by atoms with Crippen LogP contribution in [0.25, 0.3) is 16.9 Å². The van der Waals surface area contributed by atoms with Crippen molar-refractivity contribution in [2.75, 3.05) is 19.6 Å². The maximum absolute atomic E-state index is 13.3. The van der Waals surface area contributed by atoms with Crippen LogP contribution in [0.15, 0.2) is 83.9 Å². The normalized spacial score (nSPS) is 15.0. The summed E-state index contributed by atoms with van der Waals surface area (Å²) in [6.07, 6.45) is 9.24. The standard InChI is InChI=1S/C25H25N5O2/c31-25(27-17-22(23-11-7-15-32-23)29-13-4-5-14-29)21-18-30(20-9-2-1-3-10-20)28-24(21)19-8-6-12-26-16-19/h1-3,6-12,15-16,18,22H,4-5,13-14,17H2,(H,27,31)/t22-/m0/s1. The molecule has 0 radical (unpaired) electrons. The molecule has 7 heteroatoms. The number of carbonyl (C=O) groups excluding carboxylic acids is 1. The number of hydrogen-bond donors (Lipinski definition) is 1. The third-order valence-electron chi connectivity index (χ3n) is 5.82. The molecule has 1 fully saturated rings. The van der Waals surface area contributed by atoms with Crippen molar-refractivity contribution in [3.63, 3.8) is 0 Å². The fourth-order valence-electron chi connectivity index (χ4n) is 4.20. The van der Waals surface area contributed by atoms with Crippen molar-refractivity contribution in [2.45, 2.75) is 18.9 Å². The van der Waals surface area contributed by atoms with Gasteiger partial charge in [-0.3, -0.25) is 14.7 Å². The van der Waals surface area contributed by atoms with Crippen LogP contribution in [0.5, 0.6) is 0 Å². The highest BCUT2D eigenvalue weighted by atomic mass is 16.3. The molecule has 1 aromatic carbocycles. The first-order chi connectivity index (χ1) is 15.8. The Morgan fingerprint density at radius 3 is 2.62 bits per heavy atom. The fourth-order valence-corrected chi connectivity index (χ4v) is 4.20. The molecule has 4 heterocycles. The molecular formula is C25H25N5O2. The number of nitrogens with zero attached hydrogens (tertiary/aromatic N) is 4. The Morgan fingerprint density at radius 1 is 1.06 bits per heavy atom. The Balaban J connectivity index is 1.42. The molecule has 5 rings (SSSR count). The second kappa shape index (κ2) is 9.20. The van der Waals surface area contributed by atoms with Crippen LogP contribution in [-0.4, -0.2) is 45.2 Å². The predicted octanol–water partition coefficient (Wildman–Crippen LogP) is 4.09. The van der Waals surface area contributed by atoms with Crippen molar-refractivity contribution in [1.82, 2.24) is 25.0 Å². The molecule has 162 valence electrons. The molecule has 0 saturated carbocycles. The molecule has 0 spiro atoms. The van der Waals surface area contributed by atoms with E-state index in [1.54, 1.807) is 29.5 Å². The molecule has 1 atom stereocenters. The van der Waals surface area contributed by atoms with Crippen LogP contribution in [0.4, 0.5) is 0 Å². The highest BCUT2D eigenvalue weighted by Gasteiger charge is 2.27. The van der Waals surface area contributed by atoms with Crippen LogP contribution in [0.2, 0.25) is 0 Å². The van der Waals surface area contributed by atoms with E-state index in [1.807, 2.05) is 54.6 Å². The topological polar surface area (TPSA) is 76.2 Å². The van der Waals surface area contributed by atoms with Crippen molar-refractivity contribution in [3.05, 3.63) is 90.8 Å². The number of furan rings is 1. The second-order valence-corrected chi connectivity index (χ2v) is 7.90. The highest BCUT2D eigenvalue weighted by Crippen LogP contribution is 2.26. The van der Waals surface area contributed by atoms with Gasteiger partial charge in [0, 0.05) is 30.7 Å². The molecule has 0 aliphatic carbocycles. The molecule has 1 aliphatic heterocycles. The van der Waals surface area contributed by atoms with Gasteiger partial charge in [0.15, 0.2) is 0 Å². The van der Waals surface area contributed by atoms with E-state index < -0.39 is 0 Å². The number of amides is 1. The number of carbonyl (C=O) groups is 1. The lowest BCUT2D eigenvalue weighted by Crippen LogP contribution is -2.36. The van der Waals surface area contributed by atoms with E-state index in [1.165, 1.54) is 12.8 Å². The third kappa shape index (κ3) is 4.20. The summed E-state index contributed by atoms with van der Waals surface area (Å²) in [6.45, 7) is 2.48. The van der Waals surface area contributed by atoms with Crippen LogP contribution < -0.4 is 5.32 Å². The average Bonchev–Trinajstić information content (AvgIpc) is 3.63. The average molecular weight is 428 g/mol. The van der Waals surface area contributed by atoms with Crippen molar-refractivity contribution in [1.29, 1.82) is 0 Å². The van der Waals surface area contributed by atoms with Gasteiger partial charge in [0.2, 0.25) is 0 Å². The van der Waals surface area contributed by atoms with Crippen molar-refractivity contribution in [3.8, 4) is 16.9 Å². The first kappa shape index (κ1) is 20.2. The zero-order valence-corrected chi connectivity index (χ0v) is 17.7. The molecule has 1 N–H and O–H groups in total. The predicted molar refractivity (Wildman–Crippen MR) is 121 cm³/mol. The summed E-state index contributed by atoms with van der Waals surface area (Å²) in [5.74, 6) is 0.710. The zero-order chi connectivity index (χ0) is 21.8. The minimum absolute atomic E-state index is 0.0162. The van der Waals surface area contributed by atoms with E-state index in [9.17, 15) is 4.79 Å². The van der Waals surface area contributed by atoms with E-state index in [0.717, 1.165) is 30.1 Å². The number of likely N-dealkylation sites (tertiary alicyclic amines) is 1. The summed E-state index contributed by atoms with van der Waals surface area (Å²) < 4.78 is 7.42. The highest BCUT2D eigenvalue weighted by molar-refractivity contribution is 5.99. The van der Waals surface area contributed by atoms with E-state index in [4.69, 9.17) is 9.52 Å². The van der Waals surface area contributed by atoms with Crippen LogP contribution in [0, 0.1) is 0 Å². The minimum Gasteiger partial charge on any atom is -0.468 e. The molecule has 1 amide bonds. The van der Waals surface area contributed by atoms with Gasteiger partial charge in [-0.2, -0.15) is 5.10 Å². The number of benzene rings is 1. The Morgan fingerprint density at radius 2 is 1.91 bits per heavy atom. The maximum atomic E-state index is 13.3. The SMILES string of the molecule is O=C(NC[C@@H](c1ccco1)N1CCCC1)c1cn(-c2ccccc2)nc1-c1cccnc1. The number of hydrogen-bond acceptors (Lipinski definition) is 5. The lowest BCUT2D eigenvalue weighted by Gasteiger charge is -2.26. The minimum atomic E-state index is -0.165. The number of aromatic nitrogens is 3. The molecule has 7 nitrogen and oxygen atoms in total. The Bertz CT molecular complexity index is 1150. The number of rotatable bonds is 7. The smallest absolute Gasteiger partial charge is 0.255 e. The largest absolute Gasteiger partial charge is 0.468 e. The summed E-state index contributed by atoms with van der Waals surface area (Å²) >= 11 is 0. The lowest BCUT2D eigenvalue weighted by atomic mass is 10.1. The first-order valence-corrected chi connectivity index (χ1v) is 10.9. The molecular weight excluding hydrogens is 402 g/mol. The number of nitrogens with one attached hydrogen (secondary N) is 1. The Labute approximate surface area is 186 Å². The van der Waals surface area contributed by atoms with Crippen molar-refractivity contribution < 1.29 is 9.21 Å². The molecule has 4 aromatic rings. The van der Waals surface area contributed by atoms with E-state index >= 15 is 0 Å². The van der Waals surface area contributed by atoms with E-state index in [0.29, 0.717) is 17.8 Å². The van der Waals surface area contributed by atoms with Gasteiger partial charge in [0.1, 0.15) is 11.5 Å². The van der Waals surface area contributed by atoms with Gasteiger partial charge in [0.05, 0.1) is 23.6 Å². The molecule has 3 aromatic heterocycles. The van der Waals surface area contributed by atoms with Gasteiger partial charge in [-0.25, -0.2) is 4.68 Å². The Kier molecular flexibility index (Phi) is 5.81. The van der Waals surface area contributed by atoms with Crippen LogP contribution in [-0.2, 0) is 0 Å². The summed E-state index contributed by atoms with van der Waals surface area (Å²) in [6, 6.07) is 17.4. The number of pyridine rings is 1. The third-order valence-corrected chi connectivity index (χ3v) is 5.82. The molecule has 0 unspecified atom stereocenters. The molecule has 1 saturated heterocycles. The molecule has 32 heavy (non-hydrogen) atoms. The lowest BCUT2D eigenvalue weighted by molar-refractivity contribution is 0.0934. The van der Waals surface area contributed by atoms with Gasteiger partial charge in [-0.1, -0.05) is 18.2 Å². The van der Waals surface area contributed by atoms with Gasteiger partial charge in [-0.05, 0) is 62.3 Å². The Hall–Kier alpha value is -3.71. The zero-order valence-electron chi connectivity index (χ0n) is 17.7. The van der Waals surface area contributed by atoms with E-state index in [2.05, 4.69) is 15.2 Å². The quantitative estimate of drug-likeness (QED) is 0.481. The number of para-hydroxylation sites is 1. The second-order valence-electron chi connectivity index (χ2n) is 7.90. The van der Waals surface area contributed by atoms with Crippen LogP contribution >= 0.6 is 0 Å². The van der Waals surface area contributed by atoms with Crippen molar-refractivity contribution in [2.24, 2.45) is 0 Å². The van der Waals surface area contributed by atoms with Crippen molar-refractivity contribution >= 4 is 5.91 Å². The van der Waals surface area contributed by atoms with E-state index in [-0.39, 0.29) is 11.9 Å². The summed E-state index contributed by atoms with van der Waals surface area (Å²) in [5, 5.41) is 7.84. The van der Waals surface area contributed by atoms with Gasteiger partial charge in [-0.15, -0.1) is 0 Å². The van der Waals surface area contributed by atoms with Gasteiger partial charge in [0.25, 0.3) is 5.91 Å². The fraction of sp³-hybridized carbons (Fsp3) is 0.240. The molecule has 0 bridgehead atoms. The van der Waals surface area contributed by atoms with Gasteiger partial charge < -0.3 is 9.73 Å². The monoisotopic (exact) mass is 427 g/mol. The summed E-state index contributed by atoms with van der Waals surface area (Å²) in [4.78, 5) is 19.9.